The summed E-state index contributed by atoms with van der Waals surface area (Å²) in [4.78, 5) is 11.7. The Balaban J connectivity index is 1.82. The Bertz CT molecular complexity index is 435. The SMILES string of the molecule is C/C(=C\NC(=O)NC(C)c1ccccc1)C1CC1. The minimum atomic E-state index is -0.147. The lowest BCUT2D eigenvalue weighted by Crippen LogP contribution is -2.34. The Morgan fingerprint density at radius 2 is 2.00 bits per heavy atom. The van der Waals surface area contributed by atoms with Gasteiger partial charge in [-0.05, 0) is 38.2 Å². The Labute approximate surface area is 108 Å². The number of amides is 2. The van der Waals surface area contributed by atoms with Gasteiger partial charge in [-0.1, -0.05) is 35.9 Å². The molecule has 1 fully saturated rings. The van der Waals surface area contributed by atoms with Crippen molar-refractivity contribution in [3.63, 3.8) is 0 Å². The van der Waals surface area contributed by atoms with Crippen LogP contribution in [0.4, 0.5) is 4.79 Å². The van der Waals surface area contributed by atoms with Crippen molar-refractivity contribution in [1.29, 1.82) is 0 Å². The van der Waals surface area contributed by atoms with Crippen molar-refractivity contribution in [2.45, 2.75) is 32.7 Å². The minimum absolute atomic E-state index is 0.0147. The van der Waals surface area contributed by atoms with Crippen molar-refractivity contribution in [1.82, 2.24) is 10.6 Å². The molecular formula is C15H20N2O. The lowest BCUT2D eigenvalue weighted by molar-refractivity contribution is 0.241. The fraction of sp³-hybridized carbons (Fsp3) is 0.400. The molecule has 0 aromatic heterocycles. The van der Waals surface area contributed by atoms with E-state index in [1.807, 2.05) is 43.5 Å². The standard InChI is InChI=1S/C15H20N2O/c1-11(13-8-9-13)10-16-15(18)17-12(2)14-6-4-3-5-7-14/h3-7,10,12-13H,8-9H2,1-2H3,(H2,16,17,18)/b11-10+. The summed E-state index contributed by atoms with van der Waals surface area (Å²) in [6.45, 7) is 4.05. The third-order valence-electron chi connectivity index (χ3n) is 3.30. The lowest BCUT2D eigenvalue weighted by atomic mass is 10.1. The Morgan fingerprint density at radius 3 is 2.61 bits per heavy atom. The molecule has 96 valence electrons. The highest BCUT2D eigenvalue weighted by Gasteiger charge is 2.22. The predicted molar refractivity (Wildman–Crippen MR) is 73.0 cm³/mol. The molecule has 0 spiro atoms. The van der Waals surface area contributed by atoms with Gasteiger partial charge in [0.25, 0.3) is 0 Å². The van der Waals surface area contributed by atoms with Gasteiger partial charge in [0.1, 0.15) is 0 Å². The summed E-state index contributed by atoms with van der Waals surface area (Å²) in [5.41, 5.74) is 2.37. The molecule has 1 aliphatic rings. The van der Waals surface area contributed by atoms with Gasteiger partial charge in [0, 0.05) is 6.20 Å². The molecule has 1 saturated carbocycles. The second-order valence-corrected chi connectivity index (χ2v) is 4.91. The molecule has 2 amide bonds. The zero-order valence-electron chi connectivity index (χ0n) is 10.9. The lowest BCUT2D eigenvalue weighted by Gasteiger charge is -2.14. The molecular weight excluding hydrogens is 224 g/mol. The molecule has 18 heavy (non-hydrogen) atoms. The van der Waals surface area contributed by atoms with E-state index in [4.69, 9.17) is 0 Å². The van der Waals surface area contributed by atoms with Crippen LogP contribution in [0.1, 0.15) is 38.3 Å². The van der Waals surface area contributed by atoms with Crippen LogP contribution in [0, 0.1) is 5.92 Å². The number of rotatable bonds is 4. The number of carbonyl (C=O) groups is 1. The molecule has 0 saturated heterocycles. The molecule has 1 unspecified atom stereocenters. The first kappa shape index (κ1) is 12.7. The summed E-state index contributed by atoms with van der Waals surface area (Å²) >= 11 is 0. The maximum absolute atomic E-state index is 11.7. The average Bonchev–Trinajstić information content (AvgIpc) is 3.21. The molecule has 1 atom stereocenters. The molecule has 1 aromatic rings. The first-order chi connectivity index (χ1) is 8.66. The summed E-state index contributed by atoms with van der Waals surface area (Å²) < 4.78 is 0. The van der Waals surface area contributed by atoms with Crippen molar-refractivity contribution in [3.8, 4) is 0 Å². The Kier molecular flexibility index (Phi) is 4.03. The second-order valence-electron chi connectivity index (χ2n) is 4.91. The number of urea groups is 1. The second kappa shape index (κ2) is 5.71. The van der Waals surface area contributed by atoms with E-state index in [2.05, 4.69) is 17.6 Å². The molecule has 3 nitrogen and oxygen atoms in total. The Morgan fingerprint density at radius 1 is 1.33 bits per heavy atom. The fourth-order valence-corrected chi connectivity index (χ4v) is 1.90. The first-order valence-corrected chi connectivity index (χ1v) is 6.45. The number of hydrogen-bond donors (Lipinski definition) is 2. The maximum atomic E-state index is 11.7. The van der Waals surface area contributed by atoms with Gasteiger partial charge in [-0.2, -0.15) is 0 Å². The van der Waals surface area contributed by atoms with Gasteiger partial charge in [-0.25, -0.2) is 4.79 Å². The summed E-state index contributed by atoms with van der Waals surface area (Å²) in [5.74, 6) is 0.692. The van der Waals surface area contributed by atoms with Crippen LogP contribution >= 0.6 is 0 Å². The number of hydrogen-bond acceptors (Lipinski definition) is 1. The molecule has 0 radical (unpaired) electrons. The van der Waals surface area contributed by atoms with E-state index in [9.17, 15) is 4.79 Å². The third kappa shape index (κ3) is 3.62. The van der Waals surface area contributed by atoms with Crippen LogP contribution in [0.3, 0.4) is 0 Å². The molecule has 2 rings (SSSR count). The van der Waals surface area contributed by atoms with Crippen LogP contribution in [0.2, 0.25) is 0 Å². The van der Waals surface area contributed by atoms with E-state index in [1.165, 1.54) is 18.4 Å². The van der Waals surface area contributed by atoms with E-state index < -0.39 is 0 Å². The molecule has 1 aromatic carbocycles. The van der Waals surface area contributed by atoms with Crippen molar-refractivity contribution in [3.05, 3.63) is 47.7 Å². The van der Waals surface area contributed by atoms with Crippen LogP contribution in [0.15, 0.2) is 42.1 Å². The smallest absolute Gasteiger partial charge is 0.319 e. The predicted octanol–water partition coefficient (Wildman–Crippen LogP) is 3.36. The highest BCUT2D eigenvalue weighted by Crippen LogP contribution is 2.35. The van der Waals surface area contributed by atoms with Gasteiger partial charge in [0.15, 0.2) is 0 Å². The van der Waals surface area contributed by atoms with Gasteiger partial charge in [0.2, 0.25) is 0 Å². The van der Waals surface area contributed by atoms with E-state index in [1.54, 1.807) is 0 Å². The van der Waals surface area contributed by atoms with Gasteiger partial charge in [-0.15, -0.1) is 0 Å². The summed E-state index contributed by atoms with van der Waals surface area (Å²) in [6, 6.07) is 9.81. The van der Waals surface area contributed by atoms with E-state index in [0.29, 0.717) is 5.92 Å². The zero-order chi connectivity index (χ0) is 13.0. The summed E-state index contributed by atoms with van der Waals surface area (Å²) in [7, 11) is 0. The number of carbonyl (C=O) groups excluding carboxylic acids is 1. The van der Waals surface area contributed by atoms with Crippen molar-refractivity contribution >= 4 is 6.03 Å². The number of allylic oxidation sites excluding steroid dienone is 1. The molecule has 1 aliphatic carbocycles. The quantitative estimate of drug-likeness (QED) is 0.837. The average molecular weight is 244 g/mol. The highest BCUT2D eigenvalue weighted by atomic mass is 16.2. The molecule has 0 heterocycles. The number of nitrogens with one attached hydrogen (secondary N) is 2. The normalized spacial score (nSPS) is 17.1. The largest absolute Gasteiger partial charge is 0.331 e. The number of benzene rings is 1. The molecule has 2 N–H and O–H groups in total. The minimum Gasteiger partial charge on any atom is -0.331 e. The fourth-order valence-electron chi connectivity index (χ4n) is 1.90. The van der Waals surface area contributed by atoms with Crippen LogP contribution in [0.5, 0.6) is 0 Å². The van der Waals surface area contributed by atoms with E-state index in [-0.39, 0.29) is 12.1 Å². The van der Waals surface area contributed by atoms with Crippen molar-refractivity contribution in [2.24, 2.45) is 5.92 Å². The van der Waals surface area contributed by atoms with Crippen LogP contribution in [-0.2, 0) is 0 Å². The van der Waals surface area contributed by atoms with Gasteiger partial charge in [-0.3, -0.25) is 0 Å². The first-order valence-electron chi connectivity index (χ1n) is 6.45. The highest BCUT2D eigenvalue weighted by molar-refractivity contribution is 5.75. The summed E-state index contributed by atoms with van der Waals surface area (Å²) in [6.07, 6.45) is 4.34. The molecule has 0 bridgehead atoms. The van der Waals surface area contributed by atoms with E-state index in [0.717, 1.165) is 5.56 Å². The molecule has 3 heteroatoms. The Hall–Kier alpha value is -1.77. The van der Waals surface area contributed by atoms with E-state index >= 15 is 0 Å². The van der Waals surface area contributed by atoms with Crippen LogP contribution in [-0.4, -0.2) is 6.03 Å². The topological polar surface area (TPSA) is 41.1 Å². The zero-order valence-corrected chi connectivity index (χ0v) is 10.9. The third-order valence-corrected chi connectivity index (χ3v) is 3.30. The van der Waals surface area contributed by atoms with Gasteiger partial charge >= 0.3 is 6.03 Å². The molecule has 0 aliphatic heterocycles. The van der Waals surface area contributed by atoms with Crippen molar-refractivity contribution in [2.75, 3.05) is 0 Å². The van der Waals surface area contributed by atoms with Crippen molar-refractivity contribution < 1.29 is 4.79 Å². The maximum Gasteiger partial charge on any atom is 0.319 e. The van der Waals surface area contributed by atoms with Gasteiger partial charge < -0.3 is 10.6 Å². The summed E-state index contributed by atoms with van der Waals surface area (Å²) in [5, 5.41) is 5.71. The van der Waals surface area contributed by atoms with Gasteiger partial charge in [0.05, 0.1) is 6.04 Å². The van der Waals surface area contributed by atoms with Crippen LogP contribution in [0.25, 0.3) is 0 Å². The monoisotopic (exact) mass is 244 g/mol. The van der Waals surface area contributed by atoms with Crippen LogP contribution < -0.4 is 10.6 Å².